The lowest BCUT2D eigenvalue weighted by Crippen LogP contribution is -2.17. The van der Waals surface area contributed by atoms with E-state index in [1.54, 1.807) is 24.7 Å². The minimum Gasteiger partial charge on any atom is -0.305 e. The Labute approximate surface area is 47.6 Å². The number of allylic oxidation sites excluding steroid dienone is 1. The van der Waals surface area contributed by atoms with Gasteiger partial charge >= 0.3 is 0 Å². The summed E-state index contributed by atoms with van der Waals surface area (Å²) in [6.07, 6.45) is 6.35. The predicted octanol–water partition coefficient (Wildman–Crippen LogP) is -0.0599. The van der Waals surface area contributed by atoms with Crippen molar-refractivity contribution in [3.05, 3.63) is 12.3 Å². The molecule has 42 valence electrons. The van der Waals surface area contributed by atoms with Crippen LogP contribution in [-0.2, 0) is 0 Å². The van der Waals surface area contributed by atoms with E-state index in [2.05, 4.69) is 9.98 Å². The molecular weight excluding hydrogens is 102 g/mol. The molecule has 1 aliphatic rings. The van der Waals surface area contributed by atoms with Crippen molar-refractivity contribution in [1.82, 2.24) is 0 Å². The number of rotatable bonds is 0. The average molecular weight is 109 g/mol. The molecule has 0 aliphatic carbocycles. The van der Waals surface area contributed by atoms with Crippen LogP contribution in [-0.4, -0.2) is 18.6 Å². The van der Waals surface area contributed by atoms with Crippen molar-refractivity contribution in [1.29, 1.82) is 0 Å². The van der Waals surface area contributed by atoms with Crippen LogP contribution in [0.25, 0.3) is 0 Å². The molecule has 1 atom stereocenters. The third-order valence-corrected chi connectivity index (χ3v) is 0.755. The van der Waals surface area contributed by atoms with Crippen molar-refractivity contribution in [2.75, 3.05) is 0 Å². The van der Waals surface area contributed by atoms with E-state index < -0.39 is 0 Å². The molecule has 0 radical (unpaired) electrons. The molecule has 0 saturated carbocycles. The van der Waals surface area contributed by atoms with Gasteiger partial charge in [0.05, 0.1) is 0 Å². The van der Waals surface area contributed by atoms with Gasteiger partial charge in [0.1, 0.15) is 6.17 Å². The summed E-state index contributed by atoms with van der Waals surface area (Å²) in [6, 6.07) is 0. The van der Waals surface area contributed by atoms with Crippen LogP contribution in [0.5, 0.6) is 0 Å². The van der Waals surface area contributed by atoms with Crippen LogP contribution >= 0.6 is 0 Å². The van der Waals surface area contributed by atoms with Gasteiger partial charge in [0.2, 0.25) is 0 Å². The van der Waals surface area contributed by atoms with Gasteiger partial charge in [0.25, 0.3) is 0 Å². The normalized spacial score (nSPS) is 25.9. The second kappa shape index (κ2) is 2.37. The Kier molecular flexibility index (Phi) is 1.54. The summed E-state index contributed by atoms with van der Waals surface area (Å²) in [5, 5.41) is 0. The van der Waals surface area contributed by atoms with Gasteiger partial charge in [-0.05, 0) is 6.08 Å². The van der Waals surface area contributed by atoms with E-state index in [1.165, 1.54) is 0 Å². The topological polar surface area (TPSA) is 50.7 Å². The van der Waals surface area contributed by atoms with Gasteiger partial charge in [0.15, 0.2) is 0 Å². The number of nitrogens with two attached hydrogens (primary N) is 1. The molecule has 0 fully saturated rings. The van der Waals surface area contributed by atoms with Gasteiger partial charge in [-0.25, -0.2) is 0 Å². The van der Waals surface area contributed by atoms with E-state index in [9.17, 15) is 0 Å². The monoisotopic (exact) mass is 109 g/mol. The zero-order valence-corrected chi connectivity index (χ0v) is 4.36. The lowest BCUT2D eigenvalue weighted by Gasteiger charge is -1.90. The summed E-state index contributed by atoms with van der Waals surface area (Å²) < 4.78 is 0. The van der Waals surface area contributed by atoms with Crippen molar-refractivity contribution in [3.63, 3.8) is 0 Å². The van der Waals surface area contributed by atoms with Crippen LogP contribution in [0, 0.1) is 0 Å². The zero-order valence-electron chi connectivity index (χ0n) is 4.36. The third-order valence-electron chi connectivity index (χ3n) is 0.755. The maximum atomic E-state index is 5.35. The molecule has 0 saturated heterocycles. The first-order chi connectivity index (χ1) is 3.89. The zero-order chi connectivity index (χ0) is 5.82. The average Bonchev–Trinajstić information content (AvgIpc) is 1.94. The highest BCUT2D eigenvalue weighted by Gasteiger charge is 1.89. The quantitative estimate of drug-likeness (QED) is 0.465. The molecule has 0 aromatic carbocycles. The van der Waals surface area contributed by atoms with Crippen LogP contribution < -0.4 is 5.73 Å². The molecule has 0 aromatic heterocycles. The summed E-state index contributed by atoms with van der Waals surface area (Å²) in [5.41, 5.74) is 5.35. The summed E-state index contributed by atoms with van der Waals surface area (Å²) in [4.78, 5) is 7.64. The minimum absolute atomic E-state index is 0.259. The Morgan fingerprint density at radius 2 is 2.38 bits per heavy atom. The fraction of sp³-hybridized carbons (Fsp3) is 0.200. The van der Waals surface area contributed by atoms with Crippen LogP contribution in [0.15, 0.2) is 22.3 Å². The molecule has 1 unspecified atom stereocenters. The summed E-state index contributed by atoms with van der Waals surface area (Å²) >= 11 is 0. The highest BCUT2D eigenvalue weighted by Crippen LogP contribution is 1.82. The molecule has 3 heteroatoms. The largest absolute Gasteiger partial charge is 0.305 e. The maximum Gasteiger partial charge on any atom is 0.133 e. The number of hydrogen-bond acceptors (Lipinski definition) is 3. The van der Waals surface area contributed by atoms with Crippen molar-refractivity contribution in [2.24, 2.45) is 15.7 Å². The Morgan fingerprint density at radius 1 is 1.50 bits per heavy atom. The summed E-state index contributed by atoms with van der Waals surface area (Å²) in [6.45, 7) is 0. The van der Waals surface area contributed by atoms with Crippen LogP contribution in [0.2, 0.25) is 0 Å². The van der Waals surface area contributed by atoms with Crippen molar-refractivity contribution >= 4 is 12.4 Å². The standard InChI is InChI=1S/C5H7N3/c6-5-4-7-2-1-3-8-5/h1-5H,6H2. The van der Waals surface area contributed by atoms with E-state index in [-0.39, 0.29) is 6.17 Å². The molecule has 1 heterocycles. The Morgan fingerprint density at radius 3 is 3.25 bits per heavy atom. The first kappa shape index (κ1) is 5.18. The van der Waals surface area contributed by atoms with Gasteiger partial charge in [0, 0.05) is 18.6 Å². The second-order valence-corrected chi connectivity index (χ2v) is 1.43. The lowest BCUT2D eigenvalue weighted by molar-refractivity contribution is 0.951. The van der Waals surface area contributed by atoms with E-state index in [0.29, 0.717) is 0 Å². The molecule has 8 heavy (non-hydrogen) atoms. The van der Waals surface area contributed by atoms with E-state index >= 15 is 0 Å². The van der Waals surface area contributed by atoms with E-state index in [0.717, 1.165) is 0 Å². The fourth-order valence-corrected chi connectivity index (χ4v) is 0.414. The van der Waals surface area contributed by atoms with E-state index in [1.807, 2.05) is 0 Å². The smallest absolute Gasteiger partial charge is 0.133 e. The Balaban J connectivity index is 2.66. The molecule has 0 amide bonds. The number of nitrogens with zero attached hydrogens (tertiary/aromatic N) is 2. The van der Waals surface area contributed by atoms with Gasteiger partial charge in [-0.2, -0.15) is 0 Å². The highest BCUT2D eigenvalue weighted by atomic mass is 14.9. The summed E-state index contributed by atoms with van der Waals surface area (Å²) in [5.74, 6) is 0. The number of aliphatic imine (C=N–C) groups is 2. The van der Waals surface area contributed by atoms with Crippen molar-refractivity contribution in [2.45, 2.75) is 6.17 Å². The maximum absolute atomic E-state index is 5.35. The Bertz CT molecular complexity index is 130. The van der Waals surface area contributed by atoms with Gasteiger partial charge in [-0.15, -0.1) is 0 Å². The second-order valence-electron chi connectivity index (χ2n) is 1.43. The Hall–Kier alpha value is -0.960. The molecule has 0 aromatic rings. The van der Waals surface area contributed by atoms with Crippen LogP contribution in [0.4, 0.5) is 0 Å². The van der Waals surface area contributed by atoms with Gasteiger partial charge in [-0.3, -0.25) is 9.98 Å². The molecule has 2 N–H and O–H groups in total. The first-order valence-electron chi connectivity index (χ1n) is 2.37. The van der Waals surface area contributed by atoms with Crippen molar-refractivity contribution < 1.29 is 0 Å². The van der Waals surface area contributed by atoms with Crippen LogP contribution in [0.1, 0.15) is 0 Å². The van der Waals surface area contributed by atoms with Crippen LogP contribution in [0.3, 0.4) is 0 Å². The SMILES string of the molecule is NC1C=NC=CC=N1. The minimum atomic E-state index is -0.259. The fourth-order valence-electron chi connectivity index (χ4n) is 0.414. The highest BCUT2D eigenvalue weighted by molar-refractivity contribution is 5.77. The number of hydrogen-bond donors (Lipinski definition) is 1. The van der Waals surface area contributed by atoms with Crippen molar-refractivity contribution in [3.8, 4) is 0 Å². The molecule has 3 nitrogen and oxygen atoms in total. The molecular formula is C5H7N3. The van der Waals surface area contributed by atoms with Gasteiger partial charge < -0.3 is 5.73 Å². The third kappa shape index (κ3) is 1.27. The molecule has 0 bridgehead atoms. The molecule has 1 aliphatic heterocycles. The van der Waals surface area contributed by atoms with Gasteiger partial charge in [-0.1, -0.05) is 0 Å². The van der Waals surface area contributed by atoms with E-state index in [4.69, 9.17) is 5.73 Å². The molecule has 0 spiro atoms. The lowest BCUT2D eigenvalue weighted by atomic mass is 10.6. The summed E-state index contributed by atoms with van der Waals surface area (Å²) in [7, 11) is 0. The predicted molar refractivity (Wildman–Crippen MR) is 34.1 cm³/mol. The molecule has 1 rings (SSSR count). The first-order valence-corrected chi connectivity index (χ1v) is 2.37.